The van der Waals surface area contributed by atoms with Crippen LogP contribution in [-0.4, -0.2) is 68.1 Å². The number of hydrogen-bond acceptors (Lipinski definition) is 5. The molecule has 1 aliphatic heterocycles. The van der Waals surface area contributed by atoms with E-state index in [0.29, 0.717) is 49.8 Å². The maximum absolute atomic E-state index is 13.1. The fourth-order valence-electron chi connectivity index (χ4n) is 3.59. The third-order valence-electron chi connectivity index (χ3n) is 5.30. The smallest absolute Gasteiger partial charge is 0.418 e. The Labute approximate surface area is 195 Å². The van der Waals surface area contributed by atoms with Crippen LogP contribution in [0.1, 0.15) is 15.9 Å². The van der Waals surface area contributed by atoms with Crippen LogP contribution < -0.4 is 14.8 Å². The number of amides is 2. The van der Waals surface area contributed by atoms with E-state index in [2.05, 4.69) is 11.9 Å². The van der Waals surface area contributed by atoms with Gasteiger partial charge >= 0.3 is 6.18 Å². The van der Waals surface area contributed by atoms with E-state index in [1.54, 1.807) is 34.1 Å². The van der Waals surface area contributed by atoms with E-state index in [1.165, 1.54) is 25.3 Å². The molecule has 7 nitrogen and oxygen atoms in total. The van der Waals surface area contributed by atoms with Gasteiger partial charge in [-0.05, 0) is 30.3 Å². The van der Waals surface area contributed by atoms with Crippen molar-refractivity contribution in [3.05, 3.63) is 66.2 Å². The number of anilines is 1. The van der Waals surface area contributed by atoms with Gasteiger partial charge in [0.1, 0.15) is 6.61 Å². The molecule has 1 aliphatic rings. The second-order valence-electron chi connectivity index (χ2n) is 7.63. The van der Waals surface area contributed by atoms with Gasteiger partial charge in [0, 0.05) is 31.7 Å². The van der Waals surface area contributed by atoms with Crippen LogP contribution in [0.2, 0.25) is 0 Å². The zero-order chi connectivity index (χ0) is 24.7. The molecule has 0 aliphatic carbocycles. The minimum Gasteiger partial charge on any atom is -0.493 e. The Morgan fingerprint density at radius 3 is 2.44 bits per heavy atom. The summed E-state index contributed by atoms with van der Waals surface area (Å²) in [7, 11) is 1.49. The standard InChI is InChI=1S/C24H26F3N3O4/c1-3-14-34-20-9-8-17(15-21(20)33-2)23(32)30-12-10-29(11-13-30)16-22(31)28-19-7-5-4-6-18(19)24(25,26)27/h3-9,15H,1,10-14,16H2,2H3,(H,28,31). The molecule has 0 radical (unpaired) electrons. The van der Waals surface area contributed by atoms with Gasteiger partial charge in [-0.1, -0.05) is 24.8 Å². The van der Waals surface area contributed by atoms with Gasteiger partial charge in [-0.15, -0.1) is 0 Å². The number of rotatable bonds is 8. The number of piperazine rings is 1. The Morgan fingerprint density at radius 2 is 1.79 bits per heavy atom. The van der Waals surface area contributed by atoms with Crippen LogP contribution in [0.3, 0.4) is 0 Å². The van der Waals surface area contributed by atoms with Crippen molar-refractivity contribution in [3.8, 4) is 11.5 Å². The number of alkyl halides is 3. The van der Waals surface area contributed by atoms with Crippen LogP contribution in [-0.2, 0) is 11.0 Å². The highest BCUT2D eigenvalue weighted by Gasteiger charge is 2.33. The SMILES string of the molecule is C=CCOc1ccc(C(=O)N2CCN(CC(=O)Nc3ccccc3C(F)(F)F)CC2)cc1OC. The Morgan fingerprint density at radius 1 is 1.09 bits per heavy atom. The van der Waals surface area contributed by atoms with Gasteiger partial charge in [-0.2, -0.15) is 13.2 Å². The molecule has 2 aromatic carbocycles. The molecule has 2 amide bonds. The number of nitrogens with zero attached hydrogens (tertiary/aromatic N) is 2. The lowest BCUT2D eigenvalue weighted by Crippen LogP contribution is -2.50. The van der Waals surface area contributed by atoms with E-state index >= 15 is 0 Å². The number of ether oxygens (including phenoxy) is 2. The summed E-state index contributed by atoms with van der Waals surface area (Å²) in [6.45, 7) is 5.41. The Bertz CT molecular complexity index is 1030. The Balaban J connectivity index is 1.55. The van der Waals surface area contributed by atoms with Crippen molar-refractivity contribution in [1.29, 1.82) is 0 Å². The van der Waals surface area contributed by atoms with Crippen LogP contribution in [0.15, 0.2) is 55.1 Å². The molecule has 10 heteroatoms. The van der Waals surface area contributed by atoms with Gasteiger partial charge < -0.3 is 19.7 Å². The maximum atomic E-state index is 13.1. The average Bonchev–Trinajstić information content (AvgIpc) is 2.82. The molecule has 2 aromatic rings. The minimum absolute atomic E-state index is 0.0720. The molecule has 1 saturated heterocycles. The summed E-state index contributed by atoms with van der Waals surface area (Å²) in [4.78, 5) is 28.7. The van der Waals surface area contributed by atoms with E-state index in [4.69, 9.17) is 9.47 Å². The van der Waals surface area contributed by atoms with E-state index in [9.17, 15) is 22.8 Å². The summed E-state index contributed by atoms with van der Waals surface area (Å²) in [5.41, 5.74) is -0.726. The molecule has 1 heterocycles. The zero-order valence-electron chi connectivity index (χ0n) is 18.7. The van der Waals surface area contributed by atoms with Gasteiger partial charge in [0.25, 0.3) is 5.91 Å². The molecule has 0 atom stereocenters. The first kappa shape index (κ1) is 25.1. The lowest BCUT2D eigenvalue weighted by Gasteiger charge is -2.34. The van der Waals surface area contributed by atoms with Crippen LogP contribution in [0, 0.1) is 0 Å². The number of methoxy groups -OCH3 is 1. The molecule has 1 N–H and O–H groups in total. The predicted octanol–water partition coefficient (Wildman–Crippen LogP) is 3.68. The van der Waals surface area contributed by atoms with Crippen molar-refractivity contribution in [2.45, 2.75) is 6.18 Å². The fourth-order valence-corrected chi connectivity index (χ4v) is 3.59. The molecule has 3 rings (SSSR count). The highest BCUT2D eigenvalue weighted by atomic mass is 19.4. The molecule has 34 heavy (non-hydrogen) atoms. The van der Waals surface area contributed by atoms with E-state index < -0.39 is 17.6 Å². The van der Waals surface area contributed by atoms with Gasteiger partial charge in [-0.25, -0.2) is 0 Å². The molecule has 0 bridgehead atoms. The highest BCUT2D eigenvalue weighted by molar-refractivity contribution is 5.95. The number of carbonyl (C=O) groups is 2. The van der Waals surface area contributed by atoms with E-state index in [0.717, 1.165) is 6.07 Å². The molecule has 182 valence electrons. The van der Waals surface area contributed by atoms with Gasteiger partial charge in [-0.3, -0.25) is 14.5 Å². The maximum Gasteiger partial charge on any atom is 0.418 e. The van der Waals surface area contributed by atoms with Gasteiger partial charge in [0.2, 0.25) is 5.91 Å². The first-order valence-electron chi connectivity index (χ1n) is 10.6. The molecular weight excluding hydrogens is 451 g/mol. The van der Waals surface area contributed by atoms with Gasteiger partial charge in [0.15, 0.2) is 11.5 Å². The van der Waals surface area contributed by atoms with Crippen molar-refractivity contribution >= 4 is 17.5 Å². The third-order valence-corrected chi connectivity index (χ3v) is 5.30. The van der Waals surface area contributed by atoms with Crippen molar-refractivity contribution in [1.82, 2.24) is 9.80 Å². The number of carbonyl (C=O) groups excluding carboxylic acids is 2. The highest BCUT2D eigenvalue weighted by Crippen LogP contribution is 2.34. The summed E-state index contributed by atoms with van der Waals surface area (Å²) < 4.78 is 50.2. The van der Waals surface area contributed by atoms with E-state index in [1.807, 2.05) is 0 Å². The summed E-state index contributed by atoms with van der Waals surface area (Å²) in [6.07, 6.45) is -2.96. The third kappa shape index (κ3) is 6.28. The summed E-state index contributed by atoms with van der Waals surface area (Å²) in [6, 6.07) is 9.77. The second-order valence-corrected chi connectivity index (χ2v) is 7.63. The number of hydrogen-bond donors (Lipinski definition) is 1. The number of nitrogens with one attached hydrogen (secondary N) is 1. The monoisotopic (exact) mass is 477 g/mol. The molecule has 0 unspecified atom stereocenters. The second kappa shape index (κ2) is 11.1. The number of para-hydroxylation sites is 1. The van der Waals surface area contributed by atoms with Crippen LogP contribution >= 0.6 is 0 Å². The predicted molar refractivity (Wildman–Crippen MR) is 121 cm³/mol. The zero-order valence-corrected chi connectivity index (χ0v) is 18.7. The van der Waals surface area contributed by atoms with Crippen molar-refractivity contribution in [2.24, 2.45) is 0 Å². The molecule has 1 fully saturated rings. The lowest BCUT2D eigenvalue weighted by atomic mass is 10.1. The summed E-state index contributed by atoms with van der Waals surface area (Å²) in [5.74, 6) is 0.206. The molecule has 0 aromatic heterocycles. The largest absolute Gasteiger partial charge is 0.493 e. The molecule has 0 spiro atoms. The van der Waals surface area contributed by atoms with Crippen LogP contribution in [0.25, 0.3) is 0 Å². The molecule has 0 saturated carbocycles. The molecular formula is C24H26F3N3O4. The summed E-state index contributed by atoms with van der Waals surface area (Å²) >= 11 is 0. The van der Waals surface area contributed by atoms with Crippen molar-refractivity contribution in [3.63, 3.8) is 0 Å². The van der Waals surface area contributed by atoms with Crippen LogP contribution in [0.5, 0.6) is 11.5 Å². The van der Waals surface area contributed by atoms with Crippen LogP contribution in [0.4, 0.5) is 18.9 Å². The van der Waals surface area contributed by atoms with Crippen molar-refractivity contribution in [2.75, 3.05) is 51.8 Å². The number of halogens is 3. The lowest BCUT2D eigenvalue weighted by molar-refractivity contribution is -0.137. The Kier molecular flexibility index (Phi) is 8.17. The fraction of sp³-hybridized carbons (Fsp3) is 0.333. The first-order chi connectivity index (χ1) is 16.2. The quantitative estimate of drug-likeness (QED) is 0.588. The van der Waals surface area contributed by atoms with Crippen molar-refractivity contribution < 1.29 is 32.2 Å². The minimum atomic E-state index is -4.56. The topological polar surface area (TPSA) is 71.1 Å². The Hall–Kier alpha value is -3.53. The average molecular weight is 477 g/mol. The summed E-state index contributed by atoms with van der Waals surface area (Å²) in [5, 5.41) is 2.34. The van der Waals surface area contributed by atoms with Gasteiger partial charge in [0.05, 0.1) is 24.9 Å². The normalized spacial score (nSPS) is 14.4. The number of benzene rings is 2. The van der Waals surface area contributed by atoms with E-state index in [-0.39, 0.29) is 18.1 Å². The first-order valence-corrected chi connectivity index (χ1v) is 10.6.